The number of aryl methyl sites for hydroxylation is 3. The van der Waals surface area contributed by atoms with E-state index in [0.29, 0.717) is 6.04 Å². The van der Waals surface area contributed by atoms with Gasteiger partial charge in [0.05, 0.1) is 18.6 Å². The number of hydrogen-bond donors (Lipinski definition) is 1. The van der Waals surface area contributed by atoms with Crippen molar-refractivity contribution in [2.45, 2.75) is 51.5 Å². The lowest BCUT2D eigenvalue weighted by Gasteiger charge is -2.50. The van der Waals surface area contributed by atoms with Crippen molar-refractivity contribution in [2.24, 2.45) is 0 Å². The Morgan fingerprint density at radius 1 is 1.11 bits per heavy atom. The minimum absolute atomic E-state index is 0.224. The van der Waals surface area contributed by atoms with Crippen LogP contribution in [0.4, 0.5) is 0 Å². The smallest absolute Gasteiger partial charge is 0.0601 e. The van der Waals surface area contributed by atoms with Crippen LogP contribution in [-0.2, 0) is 10.2 Å². The number of nitrogens with one attached hydrogen (secondary N) is 1. The van der Waals surface area contributed by atoms with Gasteiger partial charge in [0.1, 0.15) is 0 Å². The van der Waals surface area contributed by atoms with Gasteiger partial charge in [-0.2, -0.15) is 0 Å². The lowest BCUT2D eigenvalue weighted by Crippen LogP contribution is -2.61. The van der Waals surface area contributed by atoms with Crippen molar-refractivity contribution in [1.29, 1.82) is 0 Å². The molecule has 1 N–H and O–H groups in total. The molecule has 0 radical (unpaired) electrons. The van der Waals surface area contributed by atoms with Crippen molar-refractivity contribution in [3.05, 3.63) is 34.4 Å². The Balaban J connectivity index is 2.02. The number of rotatable bonds is 2. The van der Waals surface area contributed by atoms with Crippen LogP contribution in [0.5, 0.6) is 0 Å². The van der Waals surface area contributed by atoms with E-state index in [0.717, 1.165) is 19.8 Å². The lowest BCUT2D eigenvalue weighted by atomic mass is 9.67. The van der Waals surface area contributed by atoms with Crippen molar-refractivity contribution in [2.75, 3.05) is 19.8 Å². The summed E-state index contributed by atoms with van der Waals surface area (Å²) in [7, 11) is 0. The molecule has 2 nitrogen and oxygen atoms in total. The van der Waals surface area contributed by atoms with Crippen molar-refractivity contribution < 1.29 is 4.74 Å². The highest BCUT2D eigenvalue weighted by Crippen LogP contribution is 2.42. The molecule has 2 aliphatic heterocycles. The molecule has 1 aromatic rings. The summed E-state index contributed by atoms with van der Waals surface area (Å²) in [5.74, 6) is 0. The summed E-state index contributed by atoms with van der Waals surface area (Å²) in [5, 5.41) is 3.75. The highest BCUT2D eigenvalue weighted by atomic mass is 16.5. The van der Waals surface area contributed by atoms with Gasteiger partial charge in [-0.25, -0.2) is 0 Å². The van der Waals surface area contributed by atoms with Crippen LogP contribution in [0, 0.1) is 20.8 Å². The molecule has 3 rings (SSSR count). The molecule has 1 unspecified atom stereocenters. The molecule has 19 heavy (non-hydrogen) atoms. The second-order valence-electron chi connectivity index (χ2n) is 6.43. The molecule has 0 aliphatic carbocycles. The quantitative estimate of drug-likeness (QED) is 0.881. The predicted octanol–water partition coefficient (Wildman–Crippen LogP) is 3.02. The molecule has 2 aliphatic rings. The summed E-state index contributed by atoms with van der Waals surface area (Å²) in [6.45, 7) is 9.64. The third kappa shape index (κ3) is 2.11. The van der Waals surface area contributed by atoms with Crippen LogP contribution in [0.3, 0.4) is 0 Å². The molecule has 2 heterocycles. The van der Waals surface area contributed by atoms with Crippen LogP contribution >= 0.6 is 0 Å². The van der Waals surface area contributed by atoms with E-state index in [1.807, 2.05) is 0 Å². The largest absolute Gasteiger partial charge is 0.379 e. The van der Waals surface area contributed by atoms with Crippen LogP contribution in [0.25, 0.3) is 0 Å². The topological polar surface area (TPSA) is 21.3 Å². The third-order valence-electron chi connectivity index (χ3n) is 4.87. The molecule has 2 heteroatoms. The van der Waals surface area contributed by atoms with Crippen LogP contribution < -0.4 is 5.32 Å². The van der Waals surface area contributed by atoms with E-state index < -0.39 is 0 Å². The Bertz CT molecular complexity index is 447. The number of piperidine rings is 1. The first kappa shape index (κ1) is 13.1. The summed E-state index contributed by atoms with van der Waals surface area (Å²) in [4.78, 5) is 0. The van der Waals surface area contributed by atoms with Crippen LogP contribution in [0.15, 0.2) is 12.1 Å². The maximum absolute atomic E-state index is 5.65. The van der Waals surface area contributed by atoms with Crippen LogP contribution in [0.1, 0.15) is 41.5 Å². The van der Waals surface area contributed by atoms with Gasteiger partial charge in [-0.1, -0.05) is 24.1 Å². The highest BCUT2D eigenvalue weighted by Gasteiger charge is 2.48. The zero-order valence-corrected chi connectivity index (χ0v) is 12.4. The predicted molar refractivity (Wildman–Crippen MR) is 78.8 cm³/mol. The maximum Gasteiger partial charge on any atom is 0.0601 e. The standard InChI is InChI=1S/C17H25NO/c1-12-8-13(2)16(14(3)9-12)17(10-19-11-17)15-6-4-5-7-18-15/h8-9,15,18H,4-7,10-11H2,1-3H3. The van der Waals surface area contributed by atoms with E-state index in [1.54, 1.807) is 5.56 Å². The second-order valence-corrected chi connectivity index (χ2v) is 6.43. The van der Waals surface area contributed by atoms with E-state index in [2.05, 4.69) is 38.2 Å². The monoisotopic (exact) mass is 259 g/mol. The minimum atomic E-state index is 0.224. The van der Waals surface area contributed by atoms with Crippen molar-refractivity contribution >= 4 is 0 Å². The second kappa shape index (κ2) is 4.92. The number of benzene rings is 1. The first-order valence-corrected chi connectivity index (χ1v) is 7.53. The first-order valence-electron chi connectivity index (χ1n) is 7.53. The van der Waals surface area contributed by atoms with Gasteiger partial charge < -0.3 is 10.1 Å². The van der Waals surface area contributed by atoms with Crippen molar-refractivity contribution in [3.8, 4) is 0 Å². The number of ether oxygens (including phenoxy) is 1. The molecule has 0 aromatic heterocycles. The van der Waals surface area contributed by atoms with Gasteiger partial charge in [-0.15, -0.1) is 0 Å². The Morgan fingerprint density at radius 2 is 1.79 bits per heavy atom. The molecule has 1 aromatic carbocycles. The zero-order chi connectivity index (χ0) is 13.5. The summed E-state index contributed by atoms with van der Waals surface area (Å²) in [5.41, 5.74) is 6.01. The molecule has 2 saturated heterocycles. The molecule has 2 fully saturated rings. The number of hydrogen-bond acceptors (Lipinski definition) is 2. The Hall–Kier alpha value is -0.860. The van der Waals surface area contributed by atoms with Gasteiger partial charge in [0, 0.05) is 6.04 Å². The normalized spacial score (nSPS) is 25.9. The van der Waals surface area contributed by atoms with Gasteiger partial charge in [-0.05, 0) is 56.8 Å². The Morgan fingerprint density at radius 3 is 2.26 bits per heavy atom. The first-order chi connectivity index (χ1) is 9.13. The van der Waals surface area contributed by atoms with E-state index in [-0.39, 0.29) is 5.41 Å². The van der Waals surface area contributed by atoms with Crippen molar-refractivity contribution in [3.63, 3.8) is 0 Å². The lowest BCUT2D eigenvalue weighted by molar-refractivity contribution is -0.0833. The summed E-state index contributed by atoms with van der Waals surface area (Å²) >= 11 is 0. The molecule has 0 amide bonds. The van der Waals surface area contributed by atoms with Gasteiger partial charge in [0.2, 0.25) is 0 Å². The molecular formula is C17H25NO. The maximum atomic E-state index is 5.65. The molecule has 0 spiro atoms. The fourth-order valence-corrected chi connectivity index (χ4v) is 4.13. The van der Waals surface area contributed by atoms with Gasteiger partial charge in [0.15, 0.2) is 0 Å². The molecule has 1 atom stereocenters. The fraction of sp³-hybridized carbons (Fsp3) is 0.647. The molecule has 104 valence electrons. The van der Waals surface area contributed by atoms with Gasteiger partial charge in [-0.3, -0.25) is 0 Å². The van der Waals surface area contributed by atoms with Gasteiger partial charge in [0.25, 0.3) is 0 Å². The Kier molecular flexibility index (Phi) is 3.40. The van der Waals surface area contributed by atoms with Crippen LogP contribution in [0.2, 0.25) is 0 Å². The van der Waals surface area contributed by atoms with E-state index >= 15 is 0 Å². The fourth-order valence-electron chi connectivity index (χ4n) is 4.13. The molecule has 0 bridgehead atoms. The highest BCUT2D eigenvalue weighted by molar-refractivity contribution is 5.45. The van der Waals surface area contributed by atoms with E-state index in [1.165, 1.54) is 36.0 Å². The van der Waals surface area contributed by atoms with E-state index in [9.17, 15) is 0 Å². The SMILES string of the molecule is Cc1cc(C)c(C2(C3CCCCN3)COC2)c(C)c1. The van der Waals surface area contributed by atoms with Crippen LogP contribution in [-0.4, -0.2) is 25.8 Å². The molecule has 0 saturated carbocycles. The summed E-state index contributed by atoms with van der Waals surface area (Å²) < 4.78 is 5.65. The Labute approximate surface area is 116 Å². The summed E-state index contributed by atoms with van der Waals surface area (Å²) in [6, 6.07) is 5.24. The van der Waals surface area contributed by atoms with Crippen molar-refractivity contribution in [1.82, 2.24) is 5.32 Å². The van der Waals surface area contributed by atoms with E-state index in [4.69, 9.17) is 4.74 Å². The average Bonchev–Trinajstić information content (AvgIpc) is 2.32. The third-order valence-corrected chi connectivity index (χ3v) is 4.87. The summed E-state index contributed by atoms with van der Waals surface area (Å²) in [6.07, 6.45) is 3.96. The average molecular weight is 259 g/mol. The molecular weight excluding hydrogens is 234 g/mol. The van der Waals surface area contributed by atoms with Gasteiger partial charge >= 0.3 is 0 Å². The minimum Gasteiger partial charge on any atom is -0.379 e. The zero-order valence-electron chi connectivity index (χ0n) is 12.4.